The van der Waals surface area contributed by atoms with Crippen LogP contribution in [0.2, 0.25) is 0 Å². The fourth-order valence-electron chi connectivity index (χ4n) is 2.50. The fourth-order valence-corrected chi connectivity index (χ4v) is 2.50. The molecule has 2 rings (SSSR count). The first-order chi connectivity index (χ1) is 9.63. The molecule has 0 spiro atoms. The van der Waals surface area contributed by atoms with E-state index in [1.54, 1.807) is 12.2 Å². The molecule has 0 radical (unpaired) electrons. The van der Waals surface area contributed by atoms with Crippen molar-refractivity contribution in [3.8, 4) is 17.9 Å². The maximum Gasteiger partial charge on any atom is 0.167 e. The van der Waals surface area contributed by atoms with E-state index in [1.807, 2.05) is 31.2 Å². The number of nitrogens with zero attached hydrogens (tertiary/aromatic N) is 3. The summed E-state index contributed by atoms with van der Waals surface area (Å²) in [6, 6.07) is 12.0. The number of hydroxylamine groups is 2. The van der Waals surface area contributed by atoms with Crippen molar-refractivity contribution in [2.24, 2.45) is 0 Å². The van der Waals surface area contributed by atoms with E-state index in [9.17, 15) is 0 Å². The van der Waals surface area contributed by atoms with Crippen molar-refractivity contribution in [2.75, 3.05) is 13.7 Å². The summed E-state index contributed by atoms with van der Waals surface area (Å²) in [5.74, 6) is 0.789. The Morgan fingerprint density at radius 2 is 2.10 bits per heavy atom. The number of hydrogen-bond donors (Lipinski definition) is 0. The molecule has 0 unspecified atom stereocenters. The van der Waals surface area contributed by atoms with Gasteiger partial charge >= 0.3 is 0 Å². The molecule has 1 aliphatic rings. The van der Waals surface area contributed by atoms with Gasteiger partial charge in [0.1, 0.15) is 5.75 Å². The first-order valence-corrected chi connectivity index (χ1v) is 6.49. The van der Waals surface area contributed by atoms with Crippen LogP contribution >= 0.6 is 0 Å². The second-order valence-electron chi connectivity index (χ2n) is 4.94. The summed E-state index contributed by atoms with van der Waals surface area (Å²) in [4.78, 5) is 5.63. The van der Waals surface area contributed by atoms with E-state index in [-0.39, 0.29) is 0 Å². The van der Waals surface area contributed by atoms with Gasteiger partial charge in [0.15, 0.2) is 6.10 Å². The first-order valence-electron chi connectivity index (χ1n) is 6.49. The van der Waals surface area contributed by atoms with Crippen LogP contribution in [-0.2, 0) is 10.4 Å². The van der Waals surface area contributed by atoms with E-state index in [4.69, 9.17) is 20.1 Å². The molecular formula is C15H17N3O2. The average Bonchev–Trinajstić information content (AvgIpc) is 2.83. The molecule has 20 heavy (non-hydrogen) atoms. The van der Waals surface area contributed by atoms with Crippen LogP contribution in [-0.4, -0.2) is 24.8 Å². The van der Waals surface area contributed by atoms with Crippen LogP contribution in [0.5, 0.6) is 5.75 Å². The topological polar surface area (TPSA) is 69.3 Å². The normalized spacial score (nSPS) is 25.9. The molecule has 5 heteroatoms. The highest BCUT2D eigenvalue weighted by molar-refractivity contribution is 5.32. The zero-order chi connectivity index (χ0) is 14.6. The van der Waals surface area contributed by atoms with Crippen LogP contribution < -0.4 is 4.74 Å². The largest absolute Gasteiger partial charge is 0.497 e. The highest BCUT2D eigenvalue weighted by atomic mass is 16.7. The SMILES string of the molecule is COc1ccc([C@]2(C)C[C@H](C#N)ON2CCC#N)cc1. The van der Waals surface area contributed by atoms with Crippen LogP contribution in [0, 0.1) is 22.7 Å². The summed E-state index contributed by atoms with van der Waals surface area (Å²) in [6.07, 6.45) is 0.478. The van der Waals surface area contributed by atoms with E-state index in [1.165, 1.54) is 0 Å². The zero-order valence-corrected chi connectivity index (χ0v) is 11.7. The van der Waals surface area contributed by atoms with Gasteiger partial charge in [0.2, 0.25) is 0 Å². The Morgan fingerprint density at radius 1 is 1.40 bits per heavy atom. The van der Waals surface area contributed by atoms with E-state index in [2.05, 4.69) is 12.1 Å². The minimum absolute atomic E-state index is 0.365. The number of hydrogen-bond acceptors (Lipinski definition) is 5. The van der Waals surface area contributed by atoms with Gasteiger partial charge in [0.05, 0.1) is 31.2 Å². The number of rotatable bonds is 4. The Kier molecular flexibility index (Phi) is 4.24. The molecule has 1 fully saturated rings. The molecule has 1 aliphatic heterocycles. The Labute approximate surface area is 118 Å². The molecule has 1 aromatic rings. The second kappa shape index (κ2) is 5.92. The van der Waals surface area contributed by atoms with E-state index < -0.39 is 11.6 Å². The quantitative estimate of drug-likeness (QED) is 0.840. The lowest BCUT2D eigenvalue weighted by Gasteiger charge is -2.32. The fraction of sp³-hybridized carbons (Fsp3) is 0.467. The van der Waals surface area contributed by atoms with Gasteiger partial charge in [-0.15, -0.1) is 0 Å². The first kappa shape index (κ1) is 14.3. The van der Waals surface area contributed by atoms with Crippen LogP contribution in [0.4, 0.5) is 0 Å². The molecule has 0 saturated carbocycles. The second-order valence-corrected chi connectivity index (χ2v) is 4.94. The van der Waals surface area contributed by atoms with E-state index in [0.29, 0.717) is 19.4 Å². The summed E-state index contributed by atoms with van der Waals surface area (Å²) >= 11 is 0. The predicted octanol–water partition coefficient (Wildman–Crippen LogP) is 2.35. The summed E-state index contributed by atoms with van der Waals surface area (Å²) in [5.41, 5.74) is 0.651. The molecule has 0 amide bonds. The lowest BCUT2D eigenvalue weighted by atomic mass is 9.87. The van der Waals surface area contributed by atoms with E-state index in [0.717, 1.165) is 11.3 Å². The molecule has 1 heterocycles. The van der Waals surface area contributed by atoms with Crippen LogP contribution in [0.1, 0.15) is 25.3 Å². The minimum atomic E-state index is -0.471. The number of nitriles is 2. The van der Waals surface area contributed by atoms with Gasteiger partial charge in [0, 0.05) is 13.0 Å². The maximum absolute atomic E-state index is 9.08. The van der Waals surface area contributed by atoms with Crippen molar-refractivity contribution in [2.45, 2.75) is 31.4 Å². The Balaban J connectivity index is 2.28. The molecule has 104 valence electrons. The van der Waals surface area contributed by atoms with Crippen molar-refractivity contribution in [1.29, 1.82) is 10.5 Å². The molecule has 0 bridgehead atoms. The predicted molar refractivity (Wildman–Crippen MR) is 72.4 cm³/mol. The maximum atomic E-state index is 9.08. The minimum Gasteiger partial charge on any atom is -0.497 e. The van der Waals surface area contributed by atoms with Crippen LogP contribution in [0.25, 0.3) is 0 Å². The summed E-state index contributed by atoms with van der Waals surface area (Å²) in [6.45, 7) is 2.51. The van der Waals surface area contributed by atoms with Crippen molar-refractivity contribution in [1.82, 2.24) is 5.06 Å². The molecule has 5 nitrogen and oxygen atoms in total. The monoisotopic (exact) mass is 271 g/mol. The summed E-state index contributed by atoms with van der Waals surface area (Å²) in [5, 5.41) is 19.6. The standard InChI is InChI=1S/C15H17N3O2/c1-15(12-4-6-13(19-2)7-5-12)10-14(11-17)20-18(15)9-3-8-16/h4-7,14H,3,9-10H2,1-2H3/t14-,15+/m1/s1. The summed E-state index contributed by atoms with van der Waals surface area (Å²) < 4.78 is 5.16. The number of benzene rings is 1. The molecule has 1 aromatic carbocycles. The van der Waals surface area contributed by atoms with Gasteiger partial charge < -0.3 is 4.74 Å². The Bertz CT molecular complexity index is 544. The van der Waals surface area contributed by atoms with Gasteiger partial charge in [-0.1, -0.05) is 12.1 Å². The van der Waals surface area contributed by atoms with Crippen molar-refractivity contribution < 1.29 is 9.57 Å². The lowest BCUT2D eigenvalue weighted by molar-refractivity contribution is -0.174. The van der Waals surface area contributed by atoms with Gasteiger partial charge in [-0.3, -0.25) is 4.84 Å². The Hall–Kier alpha value is -2.08. The number of methoxy groups -OCH3 is 1. The van der Waals surface area contributed by atoms with Gasteiger partial charge in [0.25, 0.3) is 0 Å². The molecule has 2 atom stereocenters. The lowest BCUT2D eigenvalue weighted by Crippen LogP contribution is -2.38. The van der Waals surface area contributed by atoms with E-state index >= 15 is 0 Å². The highest BCUT2D eigenvalue weighted by Crippen LogP contribution is 2.40. The molecular weight excluding hydrogens is 254 g/mol. The molecule has 1 saturated heterocycles. The van der Waals surface area contributed by atoms with Gasteiger partial charge in [-0.25, -0.2) is 0 Å². The number of ether oxygens (including phenoxy) is 1. The van der Waals surface area contributed by atoms with Crippen molar-refractivity contribution >= 4 is 0 Å². The van der Waals surface area contributed by atoms with Crippen molar-refractivity contribution in [3.63, 3.8) is 0 Å². The summed E-state index contributed by atoms with van der Waals surface area (Å²) in [7, 11) is 1.63. The third kappa shape index (κ3) is 2.60. The zero-order valence-electron chi connectivity index (χ0n) is 11.7. The highest BCUT2D eigenvalue weighted by Gasteiger charge is 2.44. The third-order valence-corrected chi connectivity index (χ3v) is 3.67. The third-order valence-electron chi connectivity index (χ3n) is 3.67. The van der Waals surface area contributed by atoms with Crippen molar-refractivity contribution in [3.05, 3.63) is 29.8 Å². The molecule has 0 N–H and O–H groups in total. The van der Waals surface area contributed by atoms with Gasteiger partial charge in [-0.05, 0) is 24.6 Å². The average molecular weight is 271 g/mol. The Morgan fingerprint density at radius 3 is 2.65 bits per heavy atom. The van der Waals surface area contributed by atoms with Crippen LogP contribution in [0.3, 0.4) is 0 Å². The molecule has 0 aromatic heterocycles. The van der Waals surface area contributed by atoms with Gasteiger partial charge in [-0.2, -0.15) is 15.6 Å². The molecule has 0 aliphatic carbocycles. The smallest absolute Gasteiger partial charge is 0.167 e. The van der Waals surface area contributed by atoms with Crippen LogP contribution in [0.15, 0.2) is 24.3 Å².